The minimum Gasteiger partial charge on any atom is -0.508 e. The van der Waals surface area contributed by atoms with Gasteiger partial charge in [-0.2, -0.15) is 0 Å². The summed E-state index contributed by atoms with van der Waals surface area (Å²) in [4.78, 5) is 0. The Balaban J connectivity index is 2.13. The first-order chi connectivity index (χ1) is 10.2. The summed E-state index contributed by atoms with van der Waals surface area (Å²) in [6, 6.07) is 13.8. The highest BCUT2D eigenvalue weighted by Gasteiger charge is 2.18. The van der Waals surface area contributed by atoms with Crippen LogP contribution in [-0.4, -0.2) is 15.4 Å². The molecular weight excluding hydrogens is 266 g/mol. The lowest BCUT2D eigenvalue weighted by Crippen LogP contribution is -1.87. The van der Waals surface area contributed by atoms with Crippen LogP contribution in [0.2, 0.25) is 0 Å². The number of aromatic hydroxyl groups is 2. The van der Waals surface area contributed by atoms with Crippen molar-refractivity contribution in [1.29, 1.82) is 0 Å². The normalized spacial score (nSPS) is 10.7. The molecule has 3 rings (SSSR count). The molecule has 0 atom stereocenters. The third kappa shape index (κ3) is 2.48. The molecule has 0 aliphatic carbocycles. The van der Waals surface area contributed by atoms with Gasteiger partial charge in [0, 0.05) is 16.7 Å². The number of phenols is 2. The van der Waals surface area contributed by atoms with Gasteiger partial charge in [-0.25, -0.2) is 0 Å². The van der Waals surface area contributed by atoms with Crippen LogP contribution in [-0.2, 0) is 6.42 Å². The molecule has 2 N–H and O–H groups in total. The second kappa shape index (κ2) is 5.32. The predicted molar refractivity (Wildman–Crippen MR) is 80.1 cm³/mol. The smallest absolute Gasteiger partial charge is 0.170 e. The SMILES string of the molecule is CCc1c(-c2cccc(O)c2)noc1-c1cccc(O)c1. The van der Waals surface area contributed by atoms with E-state index >= 15 is 0 Å². The fraction of sp³-hybridized carbons (Fsp3) is 0.118. The molecule has 21 heavy (non-hydrogen) atoms. The Bertz CT molecular complexity index is 714. The van der Waals surface area contributed by atoms with Crippen molar-refractivity contribution < 1.29 is 14.7 Å². The summed E-state index contributed by atoms with van der Waals surface area (Å²) in [6.07, 6.45) is 0.736. The molecule has 0 saturated carbocycles. The van der Waals surface area contributed by atoms with Crippen molar-refractivity contribution >= 4 is 0 Å². The van der Waals surface area contributed by atoms with Crippen molar-refractivity contribution in [3.63, 3.8) is 0 Å². The second-order valence-electron chi connectivity index (χ2n) is 4.79. The molecule has 106 valence electrons. The molecule has 0 fully saturated rings. The fourth-order valence-corrected chi connectivity index (χ4v) is 2.39. The first-order valence-electron chi connectivity index (χ1n) is 6.76. The maximum atomic E-state index is 9.61. The van der Waals surface area contributed by atoms with Crippen LogP contribution in [0.4, 0.5) is 0 Å². The van der Waals surface area contributed by atoms with Crippen molar-refractivity contribution in [2.75, 3.05) is 0 Å². The predicted octanol–water partition coefficient (Wildman–Crippen LogP) is 3.98. The van der Waals surface area contributed by atoms with Crippen LogP contribution < -0.4 is 0 Å². The van der Waals surface area contributed by atoms with Gasteiger partial charge in [-0.3, -0.25) is 0 Å². The quantitative estimate of drug-likeness (QED) is 0.762. The lowest BCUT2D eigenvalue weighted by molar-refractivity contribution is 0.433. The van der Waals surface area contributed by atoms with Gasteiger partial charge in [0.1, 0.15) is 17.2 Å². The first kappa shape index (κ1) is 13.2. The van der Waals surface area contributed by atoms with E-state index in [1.165, 1.54) is 0 Å². The second-order valence-corrected chi connectivity index (χ2v) is 4.79. The van der Waals surface area contributed by atoms with Crippen LogP contribution >= 0.6 is 0 Å². The summed E-state index contributed by atoms with van der Waals surface area (Å²) in [5.41, 5.74) is 3.26. The lowest BCUT2D eigenvalue weighted by atomic mass is 10.0. The molecule has 4 heteroatoms. The van der Waals surface area contributed by atoms with Crippen LogP contribution in [0, 0.1) is 0 Å². The van der Waals surface area contributed by atoms with Gasteiger partial charge in [-0.1, -0.05) is 36.3 Å². The van der Waals surface area contributed by atoms with Gasteiger partial charge in [0.05, 0.1) is 0 Å². The van der Waals surface area contributed by atoms with Gasteiger partial charge < -0.3 is 14.7 Å². The molecule has 0 amide bonds. The van der Waals surface area contributed by atoms with Gasteiger partial charge >= 0.3 is 0 Å². The van der Waals surface area contributed by atoms with E-state index in [-0.39, 0.29) is 11.5 Å². The van der Waals surface area contributed by atoms with Gasteiger partial charge in [0.15, 0.2) is 5.76 Å². The van der Waals surface area contributed by atoms with Crippen LogP contribution in [0.15, 0.2) is 53.1 Å². The van der Waals surface area contributed by atoms with E-state index < -0.39 is 0 Å². The third-order valence-electron chi connectivity index (χ3n) is 3.37. The molecule has 3 aromatic rings. The molecule has 0 aliphatic heterocycles. The number of hydrogen-bond acceptors (Lipinski definition) is 4. The zero-order chi connectivity index (χ0) is 14.8. The third-order valence-corrected chi connectivity index (χ3v) is 3.37. The van der Waals surface area contributed by atoms with Crippen LogP contribution in [0.3, 0.4) is 0 Å². The molecule has 0 radical (unpaired) electrons. The highest BCUT2D eigenvalue weighted by atomic mass is 16.5. The molecule has 1 heterocycles. The van der Waals surface area contributed by atoms with E-state index in [2.05, 4.69) is 5.16 Å². The van der Waals surface area contributed by atoms with E-state index in [1.807, 2.05) is 19.1 Å². The Labute approximate surface area is 122 Å². The number of nitrogens with zero attached hydrogens (tertiary/aromatic N) is 1. The van der Waals surface area contributed by atoms with Gasteiger partial charge in [0.2, 0.25) is 0 Å². The van der Waals surface area contributed by atoms with Crippen molar-refractivity contribution in [2.24, 2.45) is 0 Å². The fourth-order valence-electron chi connectivity index (χ4n) is 2.39. The standard InChI is InChI=1S/C17H15NO3/c1-2-15-16(11-5-3-7-13(19)9-11)18-21-17(15)12-6-4-8-14(20)10-12/h3-10,19-20H,2H2,1H3. The van der Waals surface area contributed by atoms with Crippen molar-refractivity contribution in [3.05, 3.63) is 54.1 Å². The molecule has 0 bridgehead atoms. The average Bonchev–Trinajstić information content (AvgIpc) is 2.91. The molecule has 0 saturated heterocycles. The maximum absolute atomic E-state index is 9.61. The molecule has 1 aromatic heterocycles. The number of aromatic nitrogens is 1. The molecular formula is C17H15NO3. The number of benzene rings is 2. The summed E-state index contributed by atoms with van der Waals surface area (Å²) < 4.78 is 5.48. The lowest BCUT2D eigenvalue weighted by Gasteiger charge is -2.03. The van der Waals surface area contributed by atoms with E-state index in [0.29, 0.717) is 11.5 Å². The van der Waals surface area contributed by atoms with Crippen LogP contribution in [0.5, 0.6) is 11.5 Å². The zero-order valence-corrected chi connectivity index (χ0v) is 11.6. The van der Waals surface area contributed by atoms with Crippen LogP contribution in [0.25, 0.3) is 22.6 Å². The van der Waals surface area contributed by atoms with Crippen LogP contribution in [0.1, 0.15) is 12.5 Å². The summed E-state index contributed by atoms with van der Waals surface area (Å²) in [5.74, 6) is 1.02. The topological polar surface area (TPSA) is 66.5 Å². The Kier molecular flexibility index (Phi) is 3.36. The molecule has 0 spiro atoms. The zero-order valence-electron chi connectivity index (χ0n) is 11.6. The number of phenolic OH excluding ortho intramolecular Hbond substituents is 2. The summed E-state index contributed by atoms with van der Waals surface area (Å²) in [7, 11) is 0. The molecule has 0 aliphatic rings. The summed E-state index contributed by atoms with van der Waals surface area (Å²) in [5, 5.41) is 23.3. The van der Waals surface area contributed by atoms with E-state index in [4.69, 9.17) is 4.52 Å². The van der Waals surface area contributed by atoms with E-state index in [9.17, 15) is 10.2 Å². The highest BCUT2D eigenvalue weighted by Crippen LogP contribution is 2.34. The van der Waals surface area contributed by atoms with Gasteiger partial charge in [-0.15, -0.1) is 0 Å². The largest absolute Gasteiger partial charge is 0.508 e. The first-order valence-corrected chi connectivity index (χ1v) is 6.76. The summed E-state index contributed by atoms with van der Waals surface area (Å²) in [6.45, 7) is 2.02. The summed E-state index contributed by atoms with van der Waals surface area (Å²) >= 11 is 0. The average molecular weight is 281 g/mol. The number of hydrogen-bond donors (Lipinski definition) is 2. The Morgan fingerprint density at radius 3 is 2.19 bits per heavy atom. The Morgan fingerprint density at radius 2 is 1.57 bits per heavy atom. The Hall–Kier alpha value is -2.75. The minimum atomic E-state index is 0.185. The Morgan fingerprint density at radius 1 is 0.952 bits per heavy atom. The van der Waals surface area contributed by atoms with Gasteiger partial charge in [0.25, 0.3) is 0 Å². The van der Waals surface area contributed by atoms with E-state index in [1.54, 1.807) is 36.4 Å². The van der Waals surface area contributed by atoms with Crippen molar-refractivity contribution in [1.82, 2.24) is 5.16 Å². The molecule has 2 aromatic carbocycles. The number of rotatable bonds is 3. The molecule has 4 nitrogen and oxygen atoms in total. The molecule has 0 unspecified atom stereocenters. The minimum absolute atomic E-state index is 0.185. The highest BCUT2D eigenvalue weighted by molar-refractivity contribution is 5.73. The monoisotopic (exact) mass is 281 g/mol. The van der Waals surface area contributed by atoms with E-state index in [0.717, 1.165) is 23.1 Å². The van der Waals surface area contributed by atoms with Gasteiger partial charge in [-0.05, 0) is 30.7 Å². The van der Waals surface area contributed by atoms with Crippen molar-refractivity contribution in [2.45, 2.75) is 13.3 Å². The maximum Gasteiger partial charge on any atom is 0.170 e. The van der Waals surface area contributed by atoms with Crippen molar-refractivity contribution in [3.8, 4) is 34.1 Å².